The van der Waals surface area contributed by atoms with Crippen molar-refractivity contribution in [3.63, 3.8) is 0 Å². The molecule has 1 aromatic carbocycles. The van der Waals surface area contributed by atoms with Crippen molar-refractivity contribution in [2.24, 2.45) is 0 Å². The molecule has 0 aromatic heterocycles. The minimum Gasteiger partial charge on any atom is -0.0683 e. The molecule has 0 unspecified atom stereocenters. The summed E-state index contributed by atoms with van der Waals surface area (Å²) >= 11 is 0. The molecule has 0 atom stereocenters. The van der Waals surface area contributed by atoms with Crippen LogP contribution < -0.4 is 0 Å². The van der Waals surface area contributed by atoms with Crippen molar-refractivity contribution in [2.45, 2.75) is 27.2 Å². The first-order chi connectivity index (χ1) is 5.86. The van der Waals surface area contributed by atoms with E-state index in [4.69, 9.17) is 0 Å². The molecule has 0 fully saturated rings. The fourth-order valence-electron chi connectivity index (χ4n) is 1.45. The van der Waals surface area contributed by atoms with Gasteiger partial charge in [0.2, 0.25) is 0 Å². The largest absolute Gasteiger partial charge is 0.0683 e. The van der Waals surface area contributed by atoms with Crippen LogP contribution in [0.25, 0.3) is 6.08 Å². The molecule has 0 bridgehead atoms. The lowest BCUT2D eigenvalue weighted by molar-refractivity contribution is 1.20. The summed E-state index contributed by atoms with van der Waals surface area (Å²) < 4.78 is 0. The molecule has 1 aliphatic rings. The smallest absolute Gasteiger partial charge is 0.00606 e. The molecule has 0 heterocycles. The highest BCUT2D eigenvalue weighted by atomic mass is 14.1. The van der Waals surface area contributed by atoms with Crippen molar-refractivity contribution in [3.8, 4) is 0 Å². The molecule has 0 nitrogen and oxygen atoms in total. The number of rotatable bonds is 0. The minimum atomic E-state index is 1.15. The van der Waals surface area contributed by atoms with E-state index in [1.807, 2.05) is 13.8 Å². The first-order valence-corrected chi connectivity index (χ1v) is 4.61. The summed E-state index contributed by atoms with van der Waals surface area (Å²) in [6.45, 7) is 6.18. The van der Waals surface area contributed by atoms with E-state index in [1.165, 1.54) is 16.7 Å². The Labute approximate surface area is 74.9 Å². The van der Waals surface area contributed by atoms with Crippen LogP contribution in [-0.4, -0.2) is 0 Å². The summed E-state index contributed by atoms with van der Waals surface area (Å²) in [5.74, 6) is 0. The molecule has 0 heteroatoms. The van der Waals surface area contributed by atoms with Crippen LogP contribution in [0.15, 0.2) is 29.8 Å². The van der Waals surface area contributed by atoms with Gasteiger partial charge in [-0.15, -0.1) is 0 Å². The Morgan fingerprint density at radius 3 is 2.42 bits per heavy atom. The monoisotopic (exact) mass is 160 g/mol. The second-order valence-corrected chi connectivity index (χ2v) is 2.87. The van der Waals surface area contributed by atoms with Gasteiger partial charge in [0.05, 0.1) is 0 Å². The van der Waals surface area contributed by atoms with Crippen molar-refractivity contribution in [3.05, 3.63) is 41.0 Å². The van der Waals surface area contributed by atoms with Gasteiger partial charge in [-0.2, -0.15) is 0 Å². The maximum absolute atomic E-state index is 2.26. The molecule has 12 heavy (non-hydrogen) atoms. The van der Waals surface area contributed by atoms with Gasteiger partial charge in [-0.05, 0) is 24.5 Å². The fraction of sp³-hybridized carbons (Fsp3) is 0.333. The molecule has 2 rings (SSSR count). The Kier molecular flexibility index (Phi) is 3.09. The maximum atomic E-state index is 2.26. The zero-order valence-electron chi connectivity index (χ0n) is 8.09. The van der Waals surface area contributed by atoms with Crippen LogP contribution in [0.2, 0.25) is 0 Å². The minimum absolute atomic E-state index is 1.15. The number of hydrogen-bond donors (Lipinski definition) is 0. The first-order valence-electron chi connectivity index (χ1n) is 4.61. The van der Waals surface area contributed by atoms with Gasteiger partial charge < -0.3 is 0 Å². The number of hydrogen-bond acceptors (Lipinski definition) is 0. The molecule has 1 aromatic rings. The van der Waals surface area contributed by atoms with Crippen LogP contribution in [0.1, 0.15) is 31.9 Å². The second-order valence-electron chi connectivity index (χ2n) is 2.87. The molecule has 0 spiro atoms. The highest BCUT2D eigenvalue weighted by Gasteiger charge is 2.06. The third kappa shape index (κ3) is 1.76. The van der Waals surface area contributed by atoms with E-state index in [1.54, 1.807) is 0 Å². The highest BCUT2D eigenvalue weighted by Crippen LogP contribution is 2.23. The van der Waals surface area contributed by atoms with Crippen LogP contribution in [-0.2, 0) is 6.42 Å². The fourth-order valence-corrected chi connectivity index (χ4v) is 1.45. The third-order valence-corrected chi connectivity index (χ3v) is 1.93. The van der Waals surface area contributed by atoms with Crippen LogP contribution >= 0.6 is 0 Å². The Hall–Kier alpha value is -1.04. The molecule has 64 valence electrons. The van der Waals surface area contributed by atoms with E-state index in [2.05, 4.69) is 37.3 Å². The predicted octanol–water partition coefficient (Wildman–Crippen LogP) is 3.67. The molecule has 0 saturated heterocycles. The normalized spacial score (nSPS) is 12.8. The summed E-state index contributed by atoms with van der Waals surface area (Å²) in [6.07, 6.45) is 3.41. The molecule has 0 aliphatic heterocycles. The van der Waals surface area contributed by atoms with E-state index in [0.717, 1.165) is 6.42 Å². The van der Waals surface area contributed by atoms with Crippen LogP contribution in [0, 0.1) is 0 Å². The zero-order valence-corrected chi connectivity index (χ0v) is 8.09. The SMILES string of the molecule is CC.CC1=Cc2ccccc2C1. The standard InChI is InChI=1S/C10H10.C2H6/c1-8-6-9-4-2-3-5-10(9)7-8;1-2/h2-6H,7H2,1H3;1-2H3. The van der Waals surface area contributed by atoms with E-state index in [-0.39, 0.29) is 0 Å². The topological polar surface area (TPSA) is 0 Å². The lowest BCUT2D eigenvalue weighted by Crippen LogP contribution is -1.79. The average molecular weight is 160 g/mol. The van der Waals surface area contributed by atoms with E-state index >= 15 is 0 Å². The van der Waals surface area contributed by atoms with Crippen LogP contribution in [0.5, 0.6) is 0 Å². The molecule has 0 saturated carbocycles. The summed E-state index contributed by atoms with van der Waals surface area (Å²) in [5, 5.41) is 0. The lowest BCUT2D eigenvalue weighted by Gasteiger charge is -1.93. The summed E-state index contributed by atoms with van der Waals surface area (Å²) in [7, 11) is 0. The van der Waals surface area contributed by atoms with Crippen molar-refractivity contribution >= 4 is 6.08 Å². The Balaban J connectivity index is 0.000000336. The summed E-state index contributed by atoms with van der Waals surface area (Å²) in [5.41, 5.74) is 4.35. The predicted molar refractivity (Wildman–Crippen MR) is 55.1 cm³/mol. The van der Waals surface area contributed by atoms with Crippen molar-refractivity contribution < 1.29 is 0 Å². The van der Waals surface area contributed by atoms with Gasteiger partial charge in [-0.25, -0.2) is 0 Å². The number of allylic oxidation sites excluding steroid dienone is 1. The van der Waals surface area contributed by atoms with Crippen molar-refractivity contribution in [1.29, 1.82) is 0 Å². The molecule has 0 amide bonds. The van der Waals surface area contributed by atoms with Crippen molar-refractivity contribution in [2.75, 3.05) is 0 Å². The quantitative estimate of drug-likeness (QED) is 0.543. The van der Waals surface area contributed by atoms with Gasteiger partial charge in [0, 0.05) is 0 Å². The van der Waals surface area contributed by atoms with Gasteiger partial charge in [0.1, 0.15) is 0 Å². The molecular formula is C12H16. The first kappa shape index (κ1) is 9.05. The Bertz CT molecular complexity index is 282. The zero-order chi connectivity index (χ0) is 8.97. The number of benzene rings is 1. The molecule has 0 radical (unpaired) electrons. The van der Waals surface area contributed by atoms with Gasteiger partial charge in [0.15, 0.2) is 0 Å². The maximum Gasteiger partial charge on any atom is -0.00606 e. The second kappa shape index (κ2) is 4.10. The van der Waals surface area contributed by atoms with Crippen molar-refractivity contribution in [1.82, 2.24) is 0 Å². The highest BCUT2D eigenvalue weighted by molar-refractivity contribution is 5.62. The van der Waals surface area contributed by atoms with Gasteiger partial charge in [0.25, 0.3) is 0 Å². The van der Waals surface area contributed by atoms with Gasteiger partial charge in [-0.3, -0.25) is 0 Å². The van der Waals surface area contributed by atoms with E-state index in [0.29, 0.717) is 0 Å². The summed E-state index contributed by atoms with van der Waals surface area (Å²) in [4.78, 5) is 0. The van der Waals surface area contributed by atoms with E-state index in [9.17, 15) is 0 Å². The van der Waals surface area contributed by atoms with E-state index < -0.39 is 0 Å². The van der Waals surface area contributed by atoms with Gasteiger partial charge in [-0.1, -0.05) is 49.8 Å². The molecular weight excluding hydrogens is 144 g/mol. The number of fused-ring (bicyclic) bond motifs is 1. The lowest BCUT2D eigenvalue weighted by atomic mass is 10.1. The van der Waals surface area contributed by atoms with Crippen LogP contribution in [0.3, 0.4) is 0 Å². The summed E-state index contributed by atoms with van der Waals surface area (Å²) in [6, 6.07) is 8.56. The average Bonchev–Trinajstić information content (AvgIpc) is 2.48. The third-order valence-electron chi connectivity index (χ3n) is 1.93. The Morgan fingerprint density at radius 2 is 1.75 bits per heavy atom. The molecule has 0 N–H and O–H groups in total. The van der Waals surface area contributed by atoms with Gasteiger partial charge >= 0.3 is 0 Å². The Morgan fingerprint density at radius 1 is 1.08 bits per heavy atom. The van der Waals surface area contributed by atoms with Crippen LogP contribution in [0.4, 0.5) is 0 Å². The molecule has 1 aliphatic carbocycles.